The van der Waals surface area contributed by atoms with Crippen molar-refractivity contribution in [1.29, 1.82) is 5.26 Å². The lowest BCUT2D eigenvalue weighted by Gasteiger charge is -2.14. The average Bonchev–Trinajstić information content (AvgIpc) is 2.95. The Balaban J connectivity index is 2.13. The van der Waals surface area contributed by atoms with Gasteiger partial charge in [0.2, 0.25) is 5.13 Å². The Kier molecular flexibility index (Phi) is 5.04. The molecule has 1 aromatic heterocycles. The fourth-order valence-electron chi connectivity index (χ4n) is 1.74. The van der Waals surface area contributed by atoms with Gasteiger partial charge in [0.1, 0.15) is 6.10 Å². The molecule has 0 saturated heterocycles. The van der Waals surface area contributed by atoms with Gasteiger partial charge >= 0.3 is 0 Å². The molecule has 1 heterocycles. The van der Waals surface area contributed by atoms with Crippen LogP contribution in [-0.2, 0) is 4.74 Å². The molecule has 5 nitrogen and oxygen atoms in total. The zero-order chi connectivity index (χ0) is 14.4. The summed E-state index contributed by atoms with van der Waals surface area (Å²) in [6.07, 6.45) is 0.242. The van der Waals surface area contributed by atoms with E-state index in [-0.39, 0.29) is 12.1 Å². The highest BCUT2D eigenvalue weighted by Gasteiger charge is 2.15. The van der Waals surface area contributed by atoms with Crippen molar-refractivity contribution in [3.05, 3.63) is 41.7 Å². The Labute approximate surface area is 122 Å². The van der Waals surface area contributed by atoms with Crippen LogP contribution in [0.15, 0.2) is 30.3 Å². The number of aromatic nitrogens is 2. The van der Waals surface area contributed by atoms with Crippen LogP contribution in [0, 0.1) is 11.3 Å². The van der Waals surface area contributed by atoms with Crippen LogP contribution < -0.4 is 5.32 Å². The van der Waals surface area contributed by atoms with Crippen LogP contribution in [0.5, 0.6) is 0 Å². The SMILES string of the molecule is COC(C)c1nsc(NC(CC#N)c2ccccc2)n1. The van der Waals surface area contributed by atoms with Gasteiger partial charge in [0, 0.05) is 18.6 Å². The van der Waals surface area contributed by atoms with E-state index in [1.807, 2.05) is 37.3 Å². The standard InChI is InChI=1S/C14H16N4OS/c1-10(19-2)13-17-14(20-18-13)16-12(8-9-15)11-6-4-3-5-7-11/h3-7,10,12H,8H2,1-2H3,(H,16,17,18). The second kappa shape index (κ2) is 6.98. The molecule has 104 valence electrons. The van der Waals surface area contributed by atoms with Crippen LogP contribution >= 0.6 is 11.5 Å². The molecule has 20 heavy (non-hydrogen) atoms. The first kappa shape index (κ1) is 14.4. The second-order valence-electron chi connectivity index (χ2n) is 4.31. The van der Waals surface area contributed by atoms with Gasteiger partial charge in [0.05, 0.1) is 18.5 Å². The Bertz CT molecular complexity index is 578. The van der Waals surface area contributed by atoms with Gasteiger partial charge in [-0.1, -0.05) is 30.3 Å². The molecule has 2 atom stereocenters. The van der Waals surface area contributed by atoms with E-state index in [0.717, 1.165) is 5.56 Å². The van der Waals surface area contributed by atoms with E-state index in [2.05, 4.69) is 20.7 Å². The Morgan fingerprint density at radius 3 is 2.80 bits per heavy atom. The summed E-state index contributed by atoms with van der Waals surface area (Å²) < 4.78 is 9.44. The minimum Gasteiger partial charge on any atom is -0.374 e. The molecule has 0 aliphatic rings. The van der Waals surface area contributed by atoms with Crippen LogP contribution in [-0.4, -0.2) is 16.5 Å². The van der Waals surface area contributed by atoms with Gasteiger partial charge in [0.25, 0.3) is 0 Å². The van der Waals surface area contributed by atoms with E-state index in [4.69, 9.17) is 10.00 Å². The first-order valence-corrected chi connectivity index (χ1v) is 7.06. The number of nitrogens with one attached hydrogen (secondary N) is 1. The molecule has 0 amide bonds. The smallest absolute Gasteiger partial charge is 0.203 e. The maximum Gasteiger partial charge on any atom is 0.203 e. The fraction of sp³-hybridized carbons (Fsp3) is 0.357. The van der Waals surface area contributed by atoms with E-state index in [9.17, 15) is 0 Å². The highest BCUT2D eigenvalue weighted by molar-refractivity contribution is 7.09. The third kappa shape index (κ3) is 3.53. The molecule has 1 N–H and O–H groups in total. The third-order valence-electron chi connectivity index (χ3n) is 2.95. The lowest BCUT2D eigenvalue weighted by Crippen LogP contribution is -2.10. The van der Waals surface area contributed by atoms with Gasteiger partial charge in [-0.3, -0.25) is 0 Å². The number of nitriles is 1. The van der Waals surface area contributed by atoms with Gasteiger partial charge in [-0.15, -0.1) is 0 Å². The van der Waals surface area contributed by atoms with Crippen LogP contribution in [0.2, 0.25) is 0 Å². The van der Waals surface area contributed by atoms with Gasteiger partial charge in [-0.2, -0.15) is 9.64 Å². The van der Waals surface area contributed by atoms with Crippen molar-refractivity contribution in [2.45, 2.75) is 25.5 Å². The number of ether oxygens (including phenoxy) is 1. The monoisotopic (exact) mass is 288 g/mol. The number of anilines is 1. The zero-order valence-corrected chi connectivity index (χ0v) is 12.2. The maximum atomic E-state index is 8.96. The van der Waals surface area contributed by atoms with E-state index in [1.165, 1.54) is 11.5 Å². The summed E-state index contributed by atoms with van der Waals surface area (Å²) in [5, 5.41) is 12.9. The molecule has 2 aromatic rings. The summed E-state index contributed by atoms with van der Waals surface area (Å²) in [5.41, 5.74) is 1.06. The molecule has 2 unspecified atom stereocenters. The molecule has 0 fully saturated rings. The van der Waals surface area contributed by atoms with Crippen LogP contribution in [0.1, 0.15) is 36.9 Å². The Hall–Kier alpha value is -1.97. The average molecular weight is 288 g/mol. The van der Waals surface area contributed by atoms with Crippen LogP contribution in [0.3, 0.4) is 0 Å². The first-order chi connectivity index (χ1) is 9.74. The second-order valence-corrected chi connectivity index (χ2v) is 5.06. The number of rotatable bonds is 6. The zero-order valence-electron chi connectivity index (χ0n) is 11.4. The highest BCUT2D eigenvalue weighted by atomic mass is 32.1. The number of methoxy groups -OCH3 is 1. The summed E-state index contributed by atoms with van der Waals surface area (Å²) in [6.45, 7) is 1.90. The predicted octanol–water partition coefficient (Wildman–Crippen LogP) is 3.31. The lowest BCUT2D eigenvalue weighted by atomic mass is 10.1. The third-order valence-corrected chi connectivity index (χ3v) is 3.61. The maximum absolute atomic E-state index is 8.96. The van der Waals surface area contributed by atoms with Crippen molar-refractivity contribution >= 4 is 16.7 Å². The number of benzene rings is 1. The van der Waals surface area contributed by atoms with Gasteiger partial charge < -0.3 is 10.1 Å². The van der Waals surface area contributed by atoms with Gasteiger partial charge in [-0.25, -0.2) is 4.98 Å². The van der Waals surface area contributed by atoms with Crippen LogP contribution in [0.25, 0.3) is 0 Å². The molecule has 0 aliphatic carbocycles. The molecule has 0 saturated carbocycles. The number of hydrogen-bond donors (Lipinski definition) is 1. The molecule has 6 heteroatoms. The van der Waals surface area contributed by atoms with Crippen molar-refractivity contribution in [3.8, 4) is 6.07 Å². The normalized spacial score (nSPS) is 13.4. The van der Waals surface area contributed by atoms with Gasteiger partial charge in [-0.05, 0) is 12.5 Å². The largest absolute Gasteiger partial charge is 0.374 e. The Morgan fingerprint density at radius 2 is 2.15 bits per heavy atom. The van der Waals surface area contributed by atoms with E-state index >= 15 is 0 Å². The summed E-state index contributed by atoms with van der Waals surface area (Å²) in [5.74, 6) is 0.656. The van der Waals surface area contributed by atoms with E-state index in [0.29, 0.717) is 17.4 Å². The summed E-state index contributed by atoms with van der Waals surface area (Å²) in [7, 11) is 1.63. The molecule has 0 bridgehead atoms. The fourth-order valence-corrected chi connectivity index (χ4v) is 2.44. The molecule has 0 spiro atoms. The summed E-state index contributed by atoms with van der Waals surface area (Å²) in [6, 6.07) is 12.0. The number of nitrogens with zero attached hydrogens (tertiary/aromatic N) is 3. The minimum atomic E-state index is -0.132. The quantitative estimate of drug-likeness (QED) is 0.883. The summed E-state index contributed by atoms with van der Waals surface area (Å²) >= 11 is 1.28. The van der Waals surface area contributed by atoms with Crippen molar-refractivity contribution in [3.63, 3.8) is 0 Å². The first-order valence-electron chi connectivity index (χ1n) is 6.29. The van der Waals surface area contributed by atoms with Gasteiger partial charge in [0.15, 0.2) is 5.82 Å². The number of hydrogen-bond acceptors (Lipinski definition) is 6. The molecule has 0 radical (unpaired) electrons. The topological polar surface area (TPSA) is 70.8 Å². The molecule has 0 aliphatic heterocycles. The minimum absolute atomic E-state index is 0.0835. The molecular weight excluding hydrogens is 272 g/mol. The molecular formula is C14H16N4OS. The van der Waals surface area contributed by atoms with Crippen molar-refractivity contribution in [1.82, 2.24) is 9.36 Å². The molecule has 2 rings (SSSR count). The van der Waals surface area contributed by atoms with Crippen molar-refractivity contribution < 1.29 is 4.74 Å². The lowest BCUT2D eigenvalue weighted by molar-refractivity contribution is 0.113. The molecule has 1 aromatic carbocycles. The Morgan fingerprint density at radius 1 is 1.40 bits per heavy atom. The van der Waals surface area contributed by atoms with Crippen LogP contribution in [0.4, 0.5) is 5.13 Å². The predicted molar refractivity (Wildman–Crippen MR) is 78.4 cm³/mol. The summed E-state index contributed by atoms with van der Waals surface area (Å²) in [4.78, 5) is 4.39. The van der Waals surface area contributed by atoms with E-state index in [1.54, 1.807) is 7.11 Å². The van der Waals surface area contributed by atoms with E-state index < -0.39 is 0 Å². The van der Waals surface area contributed by atoms with Crippen molar-refractivity contribution in [2.75, 3.05) is 12.4 Å². The highest BCUT2D eigenvalue weighted by Crippen LogP contribution is 2.25. The van der Waals surface area contributed by atoms with Crippen molar-refractivity contribution in [2.24, 2.45) is 0 Å².